The van der Waals surface area contributed by atoms with Crippen LogP contribution in [0.15, 0.2) is 55.6 Å². The van der Waals surface area contributed by atoms with Crippen molar-refractivity contribution in [1.29, 1.82) is 0 Å². The minimum atomic E-state index is -1.20. The van der Waals surface area contributed by atoms with Gasteiger partial charge in [-0.3, -0.25) is 0 Å². The van der Waals surface area contributed by atoms with Crippen molar-refractivity contribution < 1.29 is 14.6 Å². The number of aryl methyl sites for hydroxylation is 3. The number of allylic oxidation sites excluding steroid dienone is 2. The summed E-state index contributed by atoms with van der Waals surface area (Å²) in [7, 11) is 0. The van der Waals surface area contributed by atoms with Gasteiger partial charge < -0.3 is 19.3 Å². The second-order valence-electron chi connectivity index (χ2n) is 14.2. The molecule has 3 aromatic heterocycles. The van der Waals surface area contributed by atoms with Crippen LogP contribution in [0.2, 0.25) is 0 Å². The number of hydrogen-bond acceptors (Lipinski definition) is 6. The maximum absolute atomic E-state index is 12.8. The zero-order valence-corrected chi connectivity index (χ0v) is 29.1. The molecule has 1 aromatic carbocycles. The Morgan fingerprint density at radius 1 is 1.06 bits per heavy atom. The zero-order valence-electron chi connectivity index (χ0n) is 29.1. The lowest BCUT2D eigenvalue weighted by Crippen LogP contribution is -2.41. The van der Waals surface area contributed by atoms with Crippen LogP contribution in [-0.4, -0.2) is 53.9 Å². The van der Waals surface area contributed by atoms with E-state index in [1.54, 1.807) is 0 Å². The molecule has 1 fully saturated rings. The lowest BCUT2D eigenvalue weighted by atomic mass is 9.76. The summed E-state index contributed by atoms with van der Waals surface area (Å²) in [6.07, 6.45) is 8.39. The number of carbonyl (C=O) groups is 1. The second kappa shape index (κ2) is 13.5. The molecular weight excluding hydrogens is 588 g/mol. The molecule has 1 aliphatic rings. The summed E-state index contributed by atoms with van der Waals surface area (Å²) < 4.78 is 10.3. The van der Waals surface area contributed by atoms with Crippen LogP contribution < -0.4 is 4.90 Å². The largest absolute Gasteiger partial charge is 0.479 e. The molecule has 0 saturated carbocycles. The third-order valence-electron chi connectivity index (χ3n) is 9.37. The molecule has 0 bridgehead atoms. The van der Waals surface area contributed by atoms with Gasteiger partial charge >= 0.3 is 5.97 Å². The molecule has 9 heteroatoms. The van der Waals surface area contributed by atoms with Gasteiger partial charge in [-0.15, -0.1) is 13.2 Å². The molecule has 1 saturated heterocycles. The number of imidazole rings is 1. The van der Waals surface area contributed by atoms with Crippen LogP contribution in [-0.2, 0) is 16.0 Å². The van der Waals surface area contributed by atoms with Crippen molar-refractivity contribution in [2.45, 2.75) is 98.7 Å². The van der Waals surface area contributed by atoms with E-state index in [1.165, 1.54) is 0 Å². The lowest BCUT2D eigenvalue weighted by Gasteiger charge is -2.41. The summed E-state index contributed by atoms with van der Waals surface area (Å²) >= 11 is 0. The molecule has 1 atom stereocenters. The van der Waals surface area contributed by atoms with E-state index in [2.05, 4.69) is 54.7 Å². The molecule has 47 heavy (non-hydrogen) atoms. The molecule has 5 rings (SSSR count). The van der Waals surface area contributed by atoms with E-state index >= 15 is 0 Å². The first kappa shape index (κ1) is 34.1. The summed E-state index contributed by atoms with van der Waals surface area (Å²) in [6, 6.07) is 10.3. The number of carboxylic acid groups (broad SMARTS) is 1. The summed E-state index contributed by atoms with van der Waals surface area (Å²) in [5, 5.41) is 15.6. The fourth-order valence-corrected chi connectivity index (χ4v) is 6.64. The first-order valence-electron chi connectivity index (χ1n) is 16.7. The molecule has 4 heterocycles. The molecule has 0 spiro atoms. The van der Waals surface area contributed by atoms with E-state index in [9.17, 15) is 9.90 Å². The number of fused-ring (bicyclic) bond motifs is 1. The SMILES string of the molecule is C=CCCc1nc(C)c(C)n1-c1cccc(-c2cc3nc(C)c(C(OC(C)(C)C)C(=O)O)c(N4CCC(C)(CCC=C)CC4)n3n2)c1. The van der Waals surface area contributed by atoms with Gasteiger partial charge in [0.05, 0.1) is 22.6 Å². The molecule has 1 unspecified atom stereocenters. The first-order chi connectivity index (χ1) is 22.2. The topological polar surface area (TPSA) is 97.8 Å². The predicted molar refractivity (Wildman–Crippen MR) is 188 cm³/mol. The van der Waals surface area contributed by atoms with Crippen molar-refractivity contribution in [2.75, 3.05) is 18.0 Å². The Kier molecular flexibility index (Phi) is 9.78. The maximum atomic E-state index is 12.8. The van der Waals surface area contributed by atoms with Crippen LogP contribution >= 0.6 is 0 Å². The van der Waals surface area contributed by atoms with Crippen molar-refractivity contribution in [2.24, 2.45) is 5.41 Å². The van der Waals surface area contributed by atoms with Crippen molar-refractivity contribution in [3.05, 3.63) is 84.1 Å². The number of aromatic nitrogens is 5. The highest BCUT2D eigenvalue weighted by atomic mass is 16.5. The number of aliphatic carboxylic acids is 1. The van der Waals surface area contributed by atoms with Gasteiger partial charge in [0, 0.05) is 48.2 Å². The fourth-order valence-electron chi connectivity index (χ4n) is 6.64. The quantitative estimate of drug-likeness (QED) is 0.156. The lowest BCUT2D eigenvalue weighted by molar-refractivity contribution is -0.160. The fraction of sp³-hybridized carbons (Fsp3) is 0.474. The van der Waals surface area contributed by atoms with Crippen LogP contribution in [0.1, 0.15) is 94.4 Å². The Bertz CT molecular complexity index is 1780. The maximum Gasteiger partial charge on any atom is 0.337 e. The molecule has 9 nitrogen and oxygen atoms in total. The van der Waals surface area contributed by atoms with Crippen LogP contribution in [0.4, 0.5) is 5.82 Å². The second-order valence-corrected chi connectivity index (χ2v) is 14.2. The number of benzene rings is 1. The number of ether oxygens (including phenoxy) is 1. The summed E-state index contributed by atoms with van der Waals surface area (Å²) in [6.45, 7) is 23.3. The Balaban J connectivity index is 1.64. The van der Waals surface area contributed by atoms with Gasteiger partial charge in [0.15, 0.2) is 11.8 Å². The normalized spacial score (nSPS) is 15.6. The number of rotatable bonds is 12. The van der Waals surface area contributed by atoms with Crippen molar-refractivity contribution in [1.82, 2.24) is 24.1 Å². The zero-order chi connectivity index (χ0) is 34.1. The van der Waals surface area contributed by atoms with E-state index < -0.39 is 17.7 Å². The van der Waals surface area contributed by atoms with Gasteiger partial charge in [0.2, 0.25) is 0 Å². The van der Waals surface area contributed by atoms with Gasteiger partial charge in [0.1, 0.15) is 11.6 Å². The van der Waals surface area contributed by atoms with Crippen LogP contribution in [0.3, 0.4) is 0 Å². The van der Waals surface area contributed by atoms with E-state index in [4.69, 9.17) is 19.8 Å². The highest BCUT2D eigenvalue weighted by Crippen LogP contribution is 2.41. The predicted octanol–water partition coefficient (Wildman–Crippen LogP) is 8.14. The number of anilines is 1. The molecule has 0 aliphatic carbocycles. The summed E-state index contributed by atoms with van der Waals surface area (Å²) in [5.41, 5.74) is 6.18. The smallest absolute Gasteiger partial charge is 0.337 e. The van der Waals surface area contributed by atoms with Crippen molar-refractivity contribution in [3.8, 4) is 16.9 Å². The van der Waals surface area contributed by atoms with Gasteiger partial charge in [-0.25, -0.2) is 14.8 Å². The highest BCUT2D eigenvalue weighted by Gasteiger charge is 2.37. The Morgan fingerprint density at radius 2 is 1.77 bits per heavy atom. The molecular formula is C38H50N6O3. The van der Waals surface area contributed by atoms with Crippen molar-refractivity contribution >= 4 is 17.4 Å². The van der Waals surface area contributed by atoms with Crippen LogP contribution in [0.5, 0.6) is 0 Å². The standard InChI is InChI=1S/C38H50N6O3/c1-10-12-17-31-39-25(3)27(5)43(31)29-16-14-15-28(23-29)30-24-32-40-26(4)33(34(36(45)46)47-37(6,7)8)35(44(32)41-30)42-21-19-38(9,20-22-42)18-13-11-2/h10-11,14-16,23-24,34H,1-2,12-13,17-22H2,3-9H3,(H,45,46). The average Bonchev–Trinajstić information content (AvgIpc) is 3.57. The Morgan fingerprint density at radius 3 is 2.40 bits per heavy atom. The van der Waals surface area contributed by atoms with E-state index in [-0.39, 0.29) is 5.41 Å². The third-order valence-corrected chi connectivity index (χ3v) is 9.37. The van der Waals surface area contributed by atoms with Gasteiger partial charge in [-0.05, 0) is 91.2 Å². The molecule has 1 N–H and O–H groups in total. The van der Waals surface area contributed by atoms with Gasteiger partial charge in [-0.2, -0.15) is 9.61 Å². The van der Waals surface area contributed by atoms with Crippen molar-refractivity contribution in [3.63, 3.8) is 0 Å². The number of hydrogen-bond donors (Lipinski definition) is 1. The molecule has 0 radical (unpaired) electrons. The summed E-state index contributed by atoms with van der Waals surface area (Å²) in [4.78, 5) is 24.9. The summed E-state index contributed by atoms with van der Waals surface area (Å²) in [5.74, 6) is 0.696. The minimum absolute atomic E-state index is 0.199. The van der Waals surface area contributed by atoms with Gasteiger partial charge in [0.25, 0.3) is 0 Å². The van der Waals surface area contributed by atoms with E-state index in [0.29, 0.717) is 16.9 Å². The monoisotopic (exact) mass is 638 g/mol. The molecule has 0 amide bonds. The number of piperidine rings is 1. The molecule has 1 aliphatic heterocycles. The number of nitrogens with zero attached hydrogens (tertiary/aromatic N) is 6. The van der Waals surface area contributed by atoms with Crippen LogP contribution in [0, 0.1) is 26.2 Å². The van der Waals surface area contributed by atoms with Crippen LogP contribution in [0.25, 0.3) is 22.6 Å². The number of carboxylic acids is 1. The van der Waals surface area contributed by atoms with E-state index in [0.717, 1.165) is 91.6 Å². The van der Waals surface area contributed by atoms with Gasteiger partial charge in [-0.1, -0.05) is 31.2 Å². The third kappa shape index (κ3) is 7.20. The molecule has 250 valence electrons. The minimum Gasteiger partial charge on any atom is -0.479 e. The van der Waals surface area contributed by atoms with E-state index in [1.807, 2.05) is 63.4 Å². The Hall–Kier alpha value is -4.24. The molecule has 4 aromatic rings. The Labute approximate surface area is 279 Å². The average molecular weight is 639 g/mol. The first-order valence-corrected chi connectivity index (χ1v) is 16.7. The highest BCUT2D eigenvalue weighted by molar-refractivity contribution is 5.79.